The number of benzene rings is 1. The third-order valence-electron chi connectivity index (χ3n) is 2.56. The summed E-state index contributed by atoms with van der Waals surface area (Å²) in [4.78, 5) is 0.0392. The Morgan fingerprint density at radius 1 is 1.28 bits per heavy atom. The largest absolute Gasteiger partial charge is 0.377 e. The van der Waals surface area contributed by atoms with Gasteiger partial charge >= 0.3 is 0 Å². The molecule has 1 aliphatic rings. The van der Waals surface area contributed by atoms with E-state index in [1.807, 2.05) is 0 Å². The molecule has 0 saturated carbocycles. The molecule has 1 fully saturated rings. The van der Waals surface area contributed by atoms with Gasteiger partial charge in [-0.1, -0.05) is 23.2 Å². The van der Waals surface area contributed by atoms with E-state index < -0.39 is 16.2 Å². The summed E-state index contributed by atoms with van der Waals surface area (Å²) in [7, 11) is -3.70. The second-order valence-corrected chi connectivity index (χ2v) is 6.63. The zero-order chi connectivity index (χ0) is 13.3. The van der Waals surface area contributed by atoms with Crippen molar-refractivity contribution in [2.75, 3.05) is 19.8 Å². The predicted octanol–water partition coefficient (Wildman–Crippen LogP) is 1.30. The highest BCUT2D eigenvalue weighted by Gasteiger charge is 2.32. The Bertz CT molecular complexity index is 530. The fraction of sp³-hybridized carbons (Fsp3) is 0.400. The van der Waals surface area contributed by atoms with Crippen molar-refractivity contribution in [3.05, 3.63) is 28.2 Å². The second-order valence-electron chi connectivity index (χ2n) is 3.86. The van der Waals surface area contributed by atoms with Crippen LogP contribution in [0.15, 0.2) is 23.1 Å². The SMILES string of the molecule is NC1COCCN1S(=O)(=O)c1cc(Cl)cc(Cl)c1. The van der Waals surface area contributed by atoms with E-state index in [0.717, 1.165) is 0 Å². The highest BCUT2D eigenvalue weighted by molar-refractivity contribution is 7.89. The fourth-order valence-corrected chi connectivity index (χ4v) is 3.93. The fourth-order valence-electron chi connectivity index (χ4n) is 1.72. The average Bonchev–Trinajstić information content (AvgIpc) is 2.28. The molecule has 1 unspecified atom stereocenters. The Morgan fingerprint density at radius 2 is 1.89 bits per heavy atom. The van der Waals surface area contributed by atoms with Crippen molar-refractivity contribution in [3.63, 3.8) is 0 Å². The summed E-state index contributed by atoms with van der Waals surface area (Å²) in [5, 5.41) is 0.533. The molecule has 2 N–H and O–H groups in total. The molecule has 1 heterocycles. The number of halogens is 2. The molecule has 1 atom stereocenters. The van der Waals surface area contributed by atoms with Crippen LogP contribution in [0.5, 0.6) is 0 Å². The molecule has 2 rings (SSSR count). The Kier molecular flexibility index (Phi) is 4.15. The van der Waals surface area contributed by atoms with E-state index in [2.05, 4.69) is 0 Å². The smallest absolute Gasteiger partial charge is 0.244 e. The molecule has 0 aromatic heterocycles. The van der Waals surface area contributed by atoms with Gasteiger partial charge in [0, 0.05) is 16.6 Å². The lowest BCUT2D eigenvalue weighted by Crippen LogP contribution is -2.53. The van der Waals surface area contributed by atoms with Crippen LogP contribution in [0, 0.1) is 0 Å². The molecule has 0 aliphatic carbocycles. The molecule has 1 aliphatic heterocycles. The first-order chi connectivity index (χ1) is 8.41. The Hall–Kier alpha value is -0.370. The van der Waals surface area contributed by atoms with E-state index in [1.165, 1.54) is 22.5 Å². The first kappa shape index (κ1) is 14.0. The van der Waals surface area contributed by atoms with Crippen LogP contribution in [-0.2, 0) is 14.8 Å². The quantitative estimate of drug-likeness (QED) is 0.893. The highest BCUT2D eigenvalue weighted by atomic mass is 35.5. The molecule has 0 bridgehead atoms. The summed E-state index contributed by atoms with van der Waals surface area (Å²) < 4.78 is 31.1. The summed E-state index contributed by atoms with van der Waals surface area (Å²) in [6.45, 7) is 0.711. The highest BCUT2D eigenvalue weighted by Crippen LogP contribution is 2.25. The van der Waals surface area contributed by atoms with Crippen molar-refractivity contribution < 1.29 is 13.2 Å². The monoisotopic (exact) mass is 310 g/mol. The molecule has 0 spiro atoms. The van der Waals surface area contributed by atoms with Crippen molar-refractivity contribution in [1.29, 1.82) is 0 Å². The Labute approximate surface area is 115 Å². The van der Waals surface area contributed by atoms with Crippen LogP contribution in [0.4, 0.5) is 0 Å². The summed E-state index contributed by atoms with van der Waals surface area (Å²) in [6, 6.07) is 4.18. The zero-order valence-electron chi connectivity index (χ0n) is 9.34. The molecular formula is C10H12Cl2N2O3S. The molecule has 0 radical (unpaired) electrons. The maximum atomic E-state index is 12.4. The van der Waals surface area contributed by atoms with Crippen molar-refractivity contribution >= 4 is 33.2 Å². The minimum Gasteiger partial charge on any atom is -0.377 e. The van der Waals surface area contributed by atoms with E-state index in [4.69, 9.17) is 33.7 Å². The number of morpholine rings is 1. The molecule has 5 nitrogen and oxygen atoms in total. The van der Waals surface area contributed by atoms with Gasteiger partial charge in [-0.25, -0.2) is 8.42 Å². The maximum absolute atomic E-state index is 12.4. The molecule has 18 heavy (non-hydrogen) atoms. The molecule has 1 saturated heterocycles. The molecule has 1 aromatic carbocycles. The molecule has 0 amide bonds. The summed E-state index contributed by atoms with van der Waals surface area (Å²) in [5.41, 5.74) is 5.73. The predicted molar refractivity (Wildman–Crippen MR) is 69.1 cm³/mol. The minimum absolute atomic E-state index is 0.0392. The van der Waals surface area contributed by atoms with Gasteiger partial charge in [-0.2, -0.15) is 4.31 Å². The number of rotatable bonds is 2. The lowest BCUT2D eigenvalue weighted by atomic mass is 10.4. The van der Waals surface area contributed by atoms with E-state index in [1.54, 1.807) is 0 Å². The van der Waals surface area contributed by atoms with Crippen molar-refractivity contribution in [3.8, 4) is 0 Å². The van der Waals surface area contributed by atoms with Gasteiger partial charge in [0.25, 0.3) is 0 Å². The van der Waals surface area contributed by atoms with Crippen LogP contribution in [0.3, 0.4) is 0 Å². The molecule has 1 aromatic rings. The Balaban J connectivity index is 2.40. The van der Waals surface area contributed by atoms with E-state index in [0.29, 0.717) is 6.61 Å². The lowest BCUT2D eigenvalue weighted by Gasteiger charge is -2.31. The summed E-state index contributed by atoms with van der Waals surface area (Å²) in [5.74, 6) is 0. The van der Waals surface area contributed by atoms with Crippen molar-refractivity contribution in [1.82, 2.24) is 4.31 Å². The average molecular weight is 311 g/mol. The zero-order valence-corrected chi connectivity index (χ0v) is 11.7. The van der Waals surface area contributed by atoms with Gasteiger partial charge in [-0.15, -0.1) is 0 Å². The Morgan fingerprint density at radius 3 is 2.44 bits per heavy atom. The minimum atomic E-state index is -3.70. The number of hydrogen-bond acceptors (Lipinski definition) is 4. The van der Waals surface area contributed by atoms with Gasteiger partial charge in [0.1, 0.15) is 0 Å². The van der Waals surface area contributed by atoms with Gasteiger partial charge in [-0.05, 0) is 18.2 Å². The van der Waals surface area contributed by atoms with Gasteiger partial charge in [0.2, 0.25) is 10.0 Å². The molecule has 8 heteroatoms. The topological polar surface area (TPSA) is 72.6 Å². The molecule has 100 valence electrons. The number of ether oxygens (including phenoxy) is 1. The van der Waals surface area contributed by atoms with Crippen molar-refractivity contribution in [2.24, 2.45) is 5.73 Å². The van der Waals surface area contributed by atoms with Crippen LogP contribution in [0.1, 0.15) is 0 Å². The van der Waals surface area contributed by atoms with Gasteiger partial charge in [0.15, 0.2) is 0 Å². The van der Waals surface area contributed by atoms with E-state index in [-0.39, 0.29) is 28.1 Å². The van der Waals surface area contributed by atoms with Gasteiger partial charge < -0.3 is 10.5 Å². The summed E-state index contributed by atoms with van der Waals surface area (Å²) in [6.07, 6.45) is -0.693. The van der Waals surface area contributed by atoms with Crippen LogP contribution in [0.2, 0.25) is 10.0 Å². The van der Waals surface area contributed by atoms with Crippen LogP contribution in [0.25, 0.3) is 0 Å². The van der Waals surface area contributed by atoms with Gasteiger partial charge in [-0.3, -0.25) is 0 Å². The number of hydrogen-bond donors (Lipinski definition) is 1. The normalized spacial score (nSPS) is 22.1. The molecular weight excluding hydrogens is 299 g/mol. The first-order valence-electron chi connectivity index (χ1n) is 5.22. The lowest BCUT2D eigenvalue weighted by molar-refractivity contribution is 0.0350. The summed E-state index contributed by atoms with van der Waals surface area (Å²) >= 11 is 11.6. The van der Waals surface area contributed by atoms with Crippen LogP contribution in [-0.4, -0.2) is 38.6 Å². The number of nitrogens with two attached hydrogens (primary N) is 1. The van der Waals surface area contributed by atoms with E-state index >= 15 is 0 Å². The second kappa shape index (κ2) is 5.32. The van der Waals surface area contributed by atoms with Crippen LogP contribution >= 0.6 is 23.2 Å². The van der Waals surface area contributed by atoms with Crippen molar-refractivity contribution in [2.45, 2.75) is 11.1 Å². The van der Waals surface area contributed by atoms with Gasteiger partial charge in [0.05, 0.1) is 24.3 Å². The third kappa shape index (κ3) is 2.79. The maximum Gasteiger partial charge on any atom is 0.244 e. The number of sulfonamides is 1. The van der Waals surface area contributed by atoms with E-state index in [9.17, 15) is 8.42 Å². The number of nitrogens with zero attached hydrogens (tertiary/aromatic N) is 1. The van der Waals surface area contributed by atoms with Crippen LogP contribution < -0.4 is 5.73 Å². The third-order valence-corrected chi connectivity index (χ3v) is 4.90. The standard InChI is InChI=1S/C10H12Cl2N2O3S/c11-7-3-8(12)5-9(4-7)18(15,16)14-1-2-17-6-10(14)13/h3-5,10H,1-2,6,13H2. The first-order valence-corrected chi connectivity index (χ1v) is 7.42.